The number of rotatable bonds is 3. The largest absolute Gasteiger partial charge is 0.447 e. The van der Waals surface area contributed by atoms with Crippen LogP contribution in [-0.4, -0.2) is 29.5 Å². The summed E-state index contributed by atoms with van der Waals surface area (Å²) in [6.07, 6.45) is 0.200. The number of carbonyl (C=O) groups is 1. The first-order valence-corrected chi connectivity index (χ1v) is 5.28. The predicted molar refractivity (Wildman–Crippen MR) is 51.6 cm³/mol. The summed E-state index contributed by atoms with van der Waals surface area (Å²) >= 11 is 1.75. The van der Waals surface area contributed by atoms with Crippen molar-refractivity contribution in [2.75, 3.05) is 12.4 Å². The molecule has 0 spiro atoms. The quantitative estimate of drug-likeness (QED) is 0.755. The summed E-state index contributed by atoms with van der Waals surface area (Å²) in [5, 5.41) is 0. The fourth-order valence-electron chi connectivity index (χ4n) is 1.13. The molecule has 13 heavy (non-hydrogen) atoms. The van der Waals surface area contributed by atoms with Gasteiger partial charge >= 0.3 is 6.09 Å². The average Bonchev–Trinajstić information content (AvgIpc) is 2.45. The molecule has 0 radical (unpaired) electrons. The lowest BCUT2D eigenvalue weighted by Gasteiger charge is -2.21. The Balaban J connectivity index is 2.29. The van der Waals surface area contributed by atoms with E-state index in [0.717, 1.165) is 12.2 Å². The molecule has 1 amide bonds. The van der Waals surface area contributed by atoms with Gasteiger partial charge in [-0.1, -0.05) is 6.92 Å². The van der Waals surface area contributed by atoms with Crippen molar-refractivity contribution in [3.63, 3.8) is 0 Å². The first-order valence-electron chi connectivity index (χ1n) is 4.30. The Labute approximate surface area is 82.1 Å². The highest BCUT2D eigenvalue weighted by Gasteiger charge is 2.35. The van der Waals surface area contributed by atoms with Crippen LogP contribution in [0.4, 0.5) is 4.79 Å². The number of amides is 1. The molecule has 1 fully saturated rings. The minimum absolute atomic E-state index is 0.0116. The van der Waals surface area contributed by atoms with Crippen molar-refractivity contribution in [1.29, 1.82) is 0 Å². The average molecular weight is 205 g/mol. The molecule has 4 nitrogen and oxygen atoms in total. The Kier molecular flexibility index (Phi) is 3.44. The van der Waals surface area contributed by atoms with Gasteiger partial charge in [-0.15, -0.1) is 11.8 Å². The summed E-state index contributed by atoms with van der Waals surface area (Å²) in [7, 11) is 0. The lowest BCUT2D eigenvalue weighted by Crippen LogP contribution is -2.27. The maximum atomic E-state index is 10.3. The Morgan fingerprint density at radius 1 is 1.85 bits per heavy atom. The monoisotopic (exact) mass is 205 g/mol. The Morgan fingerprint density at radius 3 is 3.00 bits per heavy atom. The number of hydrogen-bond donors (Lipinski definition) is 1. The van der Waals surface area contributed by atoms with Crippen molar-refractivity contribution in [3.8, 4) is 0 Å². The molecule has 0 aromatic rings. The number of hydrogen-bond acceptors (Lipinski definition) is 4. The fourth-order valence-corrected chi connectivity index (χ4v) is 2.24. The molecule has 1 saturated heterocycles. The summed E-state index contributed by atoms with van der Waals surface area (Å²) in [4.78, 5) is 10.2. The summed E-state index contributed by atoms with van der Waals surface area (Å²) in [5.74, 6) is 0.859. The third kappa shape index (κ3) is 3.08. The molecule has 2 N–H and O–H groups in total. The summed E-state index contributed by atoms with van der Waals surface area (Å²) in [6.45, 7) is 4.38. The van der Waals surface area contributed by atoms with Crippen LogP contribution < -0.4 is 5.73 Å². The second-order valence-corrected chi connectivity index (χ2v) is 4.65. The van der Waals surface area contributed by atoms with Gasteiger partial charge in [-0.05, 0) is 13.3 Å². The smallest absolute Gasteiger partial charge is 0.404 e. The first kappa shape index (κ1) is 10.7. The van der Waals surface area contributed by atoms with Crippen LogP contribution in [0.1, 0.15) is 20.3 Å². The van der Waals surface area contributed by atoms with Crippen LogP contribution >= 0.6 is 11.8 Å². The molecule has 0 aliphatic carbocycles. The molecule has 1 heterocycles. The summed E-state index contributed by atoms with van der Waals surface area (Å²) in [5.41, 5.74) is 4.85. The van der Waals surface area contributed by atoms with E-state index in [-0.39, 0.29) is 17.6 Å². The van der Waals surface area contributed by atoms with E-state index >= 15 is 0 Å². The van der Waals surface area contributed by atoms with Crippen molar-refractivity contribution < 1.29 is 14.3 Å². The second-order valence-electron chi connectivity index (χ2n) is 3.17. The number of nitrogens with two attached hydrogens (primary N) is 1. The van der Waals surface area contributed by atoms with Gasteiger partial charge in [-0.25, -0.2) is 4.79 Å². The van der Waals surface area contributed by atoms with Gasteiger partial charge in [-0.2, -0.15) is 0 Å². The molecule has 1 rings (SSSR count). The van der Waals surface area contributed by atoms with Gasteiger partial charge < -0.3 is 15.2 Å². The molecule has 0 aromatic heterocycles. The molecule has 0 bridgehead atoms. The molecule has 1 aliphatic heterocycles. The SMILES string of the molecule is CCC1(C)OC(COC(N)=O)CS1. The zero-order chi connectivity index (χ0) is 9.90. The van der Waals surface area contributed by atoms with E-state index in [2.05, 4.69) is 11.7 Å². The number of carbonyl (C=O) groups excluding carboxylic acids is 1. The zero-order valence-corrected chi connectivity index (χ0v) is 8.73. The zero-order valence-electron chi connectivity index (χ0n) is 7.91. The van der Waals surface area contributed by atoms with Gasteiger partial charge in [0, 0.05) is 5.75 Å². The van der Waals surface area contributed by atoms with Crippen molar-refractivity contribution >= 4 is 17.9 Å². The molecule has 5 heteroatoms. The van der Waals surface area contributed by atoms with Gasteiger partial charge in [-0.3, -0.25) is 0 Å². The van der Waals surface area contributed by atoms with Gasteiger partial charge in [0.05, 0.1) is 0 Å². The molecule has 1 aliphatic rings. The molecule has 2 atom stereocenters. The van der Waals surface area contributed by atoms with Crippen LogP contribution in [-0.2, 0) is 9.47 Å². The van der Waals surface area contributed by atoms with Crippen LogP contribution in [0.25, 0.3) is 0 Å². The van der Waals surface area contributed by atoms with E-state index in [1.807, 2.05) is 6.92 Å². The van der Waals surface area contributed by atoms with E-state index in [4.69, 9.17) is 10.5 Å². The number of thioether (sulfide) groups is 1. The van der Waals surface area contributed by atoms with Crippen LogP contribution in [0.3, 0.4) is 0 Å². The lowest BCUT2D eigenvalue weighted by atomic mass is 10.3. The Hall–Kier alpha value is -0.420. The Bertz CT molecular complexity index is 200. The van der Waals surface area contributed by atoms with E-state index < -0.39 is 6.09 Å². The first-order chi connectivity index (χ1) is 6.06. The third-order valence-corrected chi connectivity index (χ3v) is 3.58. The summed E-state index contributed by atoms with van der Waals surface area (Å²) < 4.78 is 10.3. The van der Waals surface area contributed by atoms with E-state index in [1.54, 1.807) is 11.8 Å². The highest BCUT2D eigenvalue weighted by Crippen LogP contribution is 2.38. The molecule has 76 valence electrons. The van der Waals surface area contributed by atoms with Crippen molar-refractivity contribution in [2.45, 2.75) is 31.3 Å². The van der Waals surface area contributed by atoms with E-state index in [1.165, 1.54) is 0 Å². The van der Waals surface area contributed by atoms with Crippen LogP contribution in [0.15, 0.2) is 0 Å². The molecular weight excluding hydrogens is 190 g/mol. The maximum absolute atomic E-state index is 10.3. The van der Waals surface area contributed by atoms with Gasteiger partial charge in [0.25, 0.3) is 0 Å². The lowest BCUT2D eigenvalue weighted by molar-refractivity contribution is -0.0266. The minimum atomic E-state index is -0.737. The van der Waals surface area contributed by atoms with Gasteiger partial charge in [0.1, 0.15) is 17.6 Å². The maximum Gasteiger partial charge on any atom is 0.404 e. The number of ether oxygens (including phenoxy) is 2. The van der Waals surface area contributed by atoms with Crippen LogP contribution in [0, 0.1) is 0 Å². The van der Waals surface area contributed by atoms with Crippen molar-refractivity contribution in [3.05, 3.63) is 0 Å². The van der Waals surface area contributed by atoms with E-state index in [9.17, 15) is 4.79 Å². The molecule has 0 saturated carbocycles. The van der Waals surface area contributed by atoms with E-state index in [0.29, 0.717) is 0 Å². The molecule has 2 unspecified atom stereocenters. The van der Waals surface area contributed by atoms with Gasteiger partial charge in [0.15, 0.2) is 0 Å². The van der Waals surface area contributed by atoms with Crippen LogP contribution in [0.5, 0.6) is 0 Å². The third-order valence-electron chi connectivity index (χ3n) is 2.04. The predicted octanol–water partition coefficient (Wildman–Crippen LogP) is 1.34. The van der Waals surface area contributed by atoms with Crippen molar-refractivity contribution in [2.24, 2.45) is 5.73 Å². The molecular formula is C8H15NO3S. The second kappa shape index (κ2) is 4.19. The fraction of sp³-hybridized carbons (Fsp3) is 0.875. The standard InChI is InChI=1S/C8H15NO3S/c1-3-8(2)12-6(5-13-8)4-11-7(9)10/h6H,3-5H2,1-2H3,(H2,9,10). The molecule has 0 aromatic carbocycles. The highest BCUT2D eigenvalue weighted by atomic mass is 32.2. The van der Waals surface area contributed by atoms with Crippen LogP contribution in [0.2, 0.25) is 0 Å². The highest BCUT2D eigenvalue weighted by molar-refractivity contribution is 8.00. The van der Waals surface area contributed by atoms with Gasteiger partial charge in [0.2, 0.25) is 0 Å². The summed E-state index contributed by atoms with van der Waals surface area (Å²) in [6, 6.07) is 0. The minimum Gasteiger partial charge on any atom is -0.447 e. The Morgan fingerprint density at radius 2 is 2.54 bits per heavy atom. The number of primary amides is 1. The topological polar surface area (TPSA) is 61.6 Å². The van der Waals surface area contributed by atoms with Crippen molar-refractivity contribution in [1.82, 2.24) is 0 Å². The normalized spacial score (nSPS) is 33.2.